The molecule has 0 saturated heterocycles. The van der Waals surface area contributed by atoms with Gasteiger partial charge in [0.25, 0.3) is 0 Å². The molecule has 0 saturated carbocycles. The molecule has 32 heavy (non-hydrogen) atoms. The van der Waals surface area contributed by atoms with E-state index in [-0.39, 0.29) is 21.2 Å². The van der Waals surface area contributed by atoms with Gasteiger partial charge in [0.1, 0.15) is 0 Å². The predicted molar refractivity (Wildman–Crippen MR) is 124 cm³/mol. The third kappa shape index (κ3) is 4.47. The van der Waals surface area contributed by atoms with E-state index in [9.17, 15) is 22.8 Å². The van der Waals surface area contributed by atoms with Crippen molar-refractivity contribution in [2.24, 2.45) is 0 Å². The SMILES string of the molecule is O=C(CBr)[O][Sb]([O]C(=O)CBr)([c]1cccc(F)c1)([c]1cccc(F)c1)[c]1cccc(F)c1. The van der Waals surface area contributed by atoms with Crippen LogP contribution in [0, 0.1) is 17.5 Å². The molecule has 168 valence electrons. The van der Waals surface area contributed by atoms with Gasteiger partial charge in [-0.25, -0.2) is 0 Å². The fourth-order valence-corrected chi connectivity index (χ4v) is 17.9. The molecule has 0 spiro atoms. The second-order valence-electron chi connectivity index (χ2n) is 6.59. The Hall–Kier alpha value is -1.83. The van der Waals surface area contributed by atoms with Gasteiger partial charge in [-0.2, -0.15) is 0 Å². The van der Waals surface area contributed by atoms with Crippen LogP contribution < -0.4 is 10.5 Å². The molecule has 10 heteroatoms. The molecule has 0 radical (unpaired) electrons. The number of halogens is 5. The Kier molecular flexibility index (Phi) is 7.73. The van der Waals surface area contributed by atoms with E-state index in [2.05, 4.69) is 31.9 Å². The monoisotopic (exact) mass is 680 g/mol. The minimum atomic E-state index is -6.40. The van der Waals surface area contributed by atoms with Gasteiger partial charge in [0.05, 0.1) is 0 Å². The molecule has 0 aliphatic rings. The average Bonchev–Trinajstić information content (AvgIpc) is 2.78. The summed E-state index contributed by atoms with van der Waals surface area (Å²) in [6.07, 6.45) is 0. The number of benzene rings is 3. The molecule has 0 unspecified atom stereocenters. The van der Waals surface area contributed by atoms with E-state index in [1.165, 1.54) is 36.4 Å². The summed E-state index contributed by atoms with van der Waals surface area (Å²) in [5.74, 6) is -3.84. The molecular weight excluding hydrogens is 667 g/mol. The summed E-state index contributed by atoms with van der Waals surface area (Å²) in [6, 6.07) is 14.9. The summed E-state index contributed by atoms with van der Waals surface area (Å²) in [5.41, 5.74) is 0. The Balaban J connectivity index is 2.62. The zero-order chi connectivity index (χ0) is 23.4. The Labute approximate surface area is 201 Å². The molecule has 3 rings (SSSR count). The molecular formula is C22H16Br2F3O4Sb. The second-order valence-corrected chi connectivity index (χ2v) is 18.6. The van der Waals surface area contributed by atoms with E-state index < -0.39 is 47.6 Å². The van der Waals surface area contributed by atoms with Crippen LogP contribution in [0.1, 0.15) is 0 Å². The van der Waals surface area contributed by atoms with Gasteiger partial charge in [0, 0.05) is 0 Å². The van der Waals surface area contributed by atoms with Gasteiger partial charge in [-0.05, 0) is 0 Å². The van der Waals surface area contributed by atoms with Crippen molar-refractivity contribution in [3.8, 4) is 0 Å². The van der Waals surface area contributed by atoms with Crippen molar-refractivity contribution in [2.45, 2.75) is 0 Å². The number of alkyl halides is 2. The number of carbonyl (C=O) groups excluding carboxylic acids is 2. The summed E-state index contributed by atoms with van der Waals surface area (Å²) >= 11 is -0.360. The zero-order valence-corrected chi connectivity index (χ0v) is 22.0. The number of rotatable bonds is 7. The Bertz CT molecular complexity index is 1040. The van der Waals surface area contributed by atoms with E-state index >= 15 is 0 Å². The van der Waals surface area contributed by atoms with E-state index in [1.807, 2.05) is 0 Å². The molecule has 0 aliphatic heterocycles. The van der Waals surface area contributed by atoms with Gasteiger partial charge >= 0.3 is 202 Å². The third-order valence-corrected chi connectivity index (χ3v) is 19.1. The predicted octanol–water partition coefficient (Wildman–Crippen LogP) is 3.40. The fourth-order valence-electron chi connectivity index (χ4n) is 3.41. The first-order valence-corrected chi connectivity index (χ1v) is 17.3. The van der Waals surface area contributed by atoms with Gasteiger partial charge in [-0.3, -0.25) is 0 Å². The summed E-state index contributed by atoms with van der Waals surface area (Å²) in [7, 11) is 0. The van der Waals surface area contributed by atoms with Gasteiger partial charge < -0.3 is 0 Å². The van der Waals surface area contributed by atoms with E-state index in [0.717, 1.165) is 36.4 Å². The van der Waals surface area contributed by atoms with Crippen LogP contribution in [-0.2, 0) is 15.6 Å². The van der Waals surface area contributed by atoms with Crippen LogP contribution in [0.4, 0.5) is 13.2 Å². The molecule has 0 N–H and O–H groups in total. The van der Waals surface area contributed by atoms with Gasteiger partial charge in [0.15, 0.2) is 0 Å². The first kappa shape index (κ1) is 24.8. The summed E-state index contributed by atoms with van der Waals surface area (Å²) in [4.78, 5) is 25.5. The van der Waals surface area contributed by atoms with E-state index in [4.69, 9.17) is 6.03 Å². The van der Waals surface area contributed by atoms with E-state index in [1.54, 1.807) is 0 Å². The van der Waals surface area contributed by atoms with Gasteiger partial charge in [0.2, 0.25) is 0 Å². The van der Waals surface area contributed by atoms with Crippen molar-refractivity contribution >= 4 is 72.6 Å². The zero-order valence-electron chi connectivity index (χ0n) is 16.3. The quantitative estimate of drug-likeness (QED) is 0.284. The summed E-state index contributed by atoms with van der Waals surface area (Å²) < 4.78 is 55.5. The van der Waals surface area contributed by atoms with Crippen molar-refractivity contribution in [1.82, 2.24) is 0 Å². The van der Waals surface area contributed by atoms with Crippen molar-refractivity contribution in [1.29, 1.82) is 0 Å². The number of hydrogen-bond donors (Lipinski definition) is 0. The summed E-state index contributed by atoms with van der Waals surface area (Å²) in [5, 5.41) is -0.610. The van der Waals surface area contributed by atoms with Crippen LogP contribution >= 0.6 is 31.9 Å². The Morgan fingerprint density at radius 2 is 0.969 bits per heavy atom. The van der Waals surface area contributed by atoms with Crippen molar-refractivity contribution in [3.63, 3.8) is 0 Å². The minimum absolute atomic E-state index is 0.0117. The van der Waals surface area contributed by atoms with Crippen LogP contribution in [0.3, 0.4) is 0 Å². The standard InChI is InChI=1S/3C6H4F.2C2H3BrO2.Sb/c3*7-6-4-2-1-3-5-6;2*3-1-2(4)5;/h3*1-2,4-5H;2*1H2,(H,4,5);/q;;;;;+2/p-2. The second kappa shape index (κ2) is 9.97. The molecule has 0 heterocycles. The molecule has 0 bridgehead atoms. The topological polar surface area (TPSA) is 52.6 Å². The average molecular weight is 683 g/mol. The molecule has 0 fully saturated rings. The molecule has 0 amide bonds. The van der Waals surface area contributed by atoms with Gasteiger partial charge in [-0.15, -0.1) is 0 Å². The van der Waals surface area contributed by atoms with Crippen LogP contribution in [0.25, 0.3) is 0 Å². The van der Waals surface area contributed by atoms with Crippen LogP contribution in [0.15, 0.2) is 72.8 Å². The molecule has 0 aromatic heterocycles. The fraction of sp³-hybridized carbons (Fsp3) is 0.0909. The maximum atomic E-state index is 14.5. The van der Waals surface area contributed by atoms with Crippen LogP contribution in [0.5, 0.6) is 0 Å². The van der Waals surface area contributed by atoms with Crippen molar-refractivity contribution in [2.75, 3.05) is 10.7 Å². The maximum absolute atomic E-state index is 14.5. The first-order chi connectivity index (χ1) is 15.2. The molecule has 3 aromatic carbocycles. The first-order valence-electron chi connectivity index (χ1n) is 9.13. The number of hydrogen-bond acceptors (Lipinski definition) is 4. The van der Waals surface area contributed by atoms with Crippen LogP contribution in [0.2, 0.25) is 0 Å². The van der Waals surface area contributed by atoms with Crippen molar-refractivity contribution < 1.29 is 28.8 Å². The molecule has 0 atom stereocenters. The number of carbonyl (C=O) groups is 2. The normalized spacial score (nSPS) is 12.5. The van der Waals surface area contributed by atoms with Gasteiger partial charge in [-0.1, -0.05) is 0 Å². The van der Waals surface area contributed by atoms with Crippen molar-refractivity contribution in [3.05, 3.63) is 90.2 Å². The van der Waals surface area contributed by atoms with E-state index in [0.29, 0.717) is 0 Å². The summed E-state index contributed by atoms with van der Waals surface area (Å²) in [6.45, 7) is 0. The molecule has 4 nitrogen and oxygen atoms in total. The molecule has 0 aliphatic carbocycles. The van der Waals surface area contributed by atoms with Crippen LogP contribution in [-0.4, -0.2) is 40.8 Å². The molecule has 3 aromatic rings. The Morgan fingerprint density at radius 1 is 0.656 bits per heavy atom. The third-order valence-electron chi connectivity index (χ3n) is 4.60. The Morgan fingerprint density at radius 3 is 1.22 bits per heavy atom.